The molecule has 164 valence electrons. The van der Waals surface area contributed by atoms with Gasteiger partial charge in [0, 0.05) is 23.5 Å². The summed E-state index contributed by atoms with van der Waals surface area (Å²) >= 11 is 1.46. The van der Waals surface area contributed by atoms with Crippen molar-refractivity contribution in [1.82, 2.24) is 25.0 Å². The van der Waals surface area contributed by atoms with Gasteiger partial charge < -0.3 is 10.2 Å². The molecule has 0 radical (unpaired) electrons. The largest absolute Gasteiger partial charge is 0.435 e. The Bertz CT molecular complexity index is 1240. The molecule has 3 aromatic rings. The number of amides is 2. The number of rotatable bonds is 4. The molecule has 1 aliphatic heterocycles. The van der Waals surface area contributed by atoms with Crippen LogP contribution in [0, 0.1) is 11.3 Å². The van der Waals surface area contributed by atoms with Gasteiger partial charge in [-0.15, -0.1) is 11.8 Å². The van der Waals surface area contributed by atoms with Crippen molar-refractivity contribution < 1.29 is 22.8 Å². The van der Waals surface area contributed by atoms with Crippen LogP contribution in [0.3, 0.4) is 0 Å². The van der Waals surface area contributed by atoms with Crippen LogP contribution in [-0.4, -0.2) is 55.7 Å². The molecular formula is C20H15F3N6O2S. The van der Waals surface area contributed by atoms with Crippen LogP contribution in [0.4, 0.5) is 13.2 Å². The van der Waals surface area contributed by atoms with Crippen molar-refractivity contribution in [3.63, 3.8) is 0 Å². The number of nitriles is 1. The number of carbonyl (C=O) groups excluding carboxylic acids is 2. The van der Waals surface area contributed by atoms with Crippen LogP contribution in [-0.2, 0) is 11.0 Å². The molecule has 1 unspecified atom stereocenters. The monoisotopic (exact) mass is 460 g/mol. The molecule has 0 aliphatic carbocycles. The van der Waals surface area contributed by atoms with E-state index in [1.54, 1.807) is 12.1 Å². The Kier molecular flexibility index (Phi) is 5.75. The van der Waals surface area contributed by atoms with Crippen molar-refractivity contribution in [2.24, 2.45) is 0 Å². The summed E-state index contributed by atoms with van der Waals surface area (Å²) in [6.45, 7) is -0.283. The van der Waals surface area contributed by atoms with Gasteiger partial charge >= 0.3 is 6.18 Å². The number of thioether (sulfide) groups is 1. The molecule has 3 heterocycles. The average molecular weight is 460 g/mol. The lowest BCUT2D eigenvalue weighted by Crippen LogP contribution is -2.42. The summed E-state index contributed by atoms with van der Waals surface area (Å²) in [6, 6.07) is 8.47. The minimum Gasteiger partial charge on any atom is -0.343 e. The fourth-order valence-electron chi connectivity index (χ4n) is 3.24. The number of alkyl halides is 3. The van der Waals surface area contributed by atoms with E-state index in [9.17, 15) is 22.8 Å². The van der Waals surface area contributed by atoms with Gasteiger partial charge in [0.2, 0.25) is 5.91 Å². The summed E-state index contributed by atoms with van der Waals surface area (Å²) in [5.74, 6) is 0.000247. The molecule has 0 spiro atoms. The molecular weight excluding hydrogens is 445 g/mol. The van der Waals surface area contributed by atoms with E-state index in [1.165, 1.54) is 41.2 Å². The molecule has 4 rings (SSSR count). The lowest BCUT2D eigenvalue weighted by Gasteiger charge is -2.18. The second kappa shape index (κ2) is 8.51. The number of carbonyl (C=O) groups is 2. The summed E-state index contributed by atoms with van der Waals surface area (Å²) in [7, 11) is 0. The third kappa shape index (κ3) is 4.24. The van der Waals surface area contributed by atoms with Crippen molar-refractivity contribution >= 4 is 34.5 Å². The quantitative estimate of drug-likeness (QED) is 0.642. The van der Waals surface area contributed by atoms with E-state index in [4.69, 9.17) is 5.26 Å². The van der Waals surface area contributed by atoms with Crippen LogP contribution in [0.2, 0.25) is 0 Å². The molecule has 8 nitrogen and oxygen atoms in total. The number of hydrogen-bond donors (Lipinski definition) is 1. The van der Waals surface area contributed by atoms with Crippen molar-refractivity contribution in [2.45, 2.75) is 12.2 Å². The summed E-state index contributed by atoms with van der Waals surface area (Å²) in [4.78, 5) is 30.7. The molecule has 1 N–H and O–H groups in total. The number of hydrogen-bond acceptors (Lipinski definition) is 6. The van der Waals surface area contributed by atoms with Crippen LogP contribution >= 0.6 is 11.8 Å². The predicted molar refractivity (Wildman–Crippen MR) is 110 cm³/mol. The maximum atomic E-state index is 12.9. The van der Waals surface area contributed by atoms with Crippen LogP contribution in [0.5, 0.6) is 0 Å². The smallest absolute Gasteiger partial charge is 0.343 e. The van der Waals surface area contributed by atoms with E-state index in [0.29, 0.717) is 28.2 Å². The van der Waals surface area contributed by atoms with E-state index in [2.05, 4.69) is 21.5 Å². The zero-order valence-corrected chi connectivity index (χ0v) is 17.2. The SMILES string of the molecule is N#CC1CSCN1C(=O)CNC(=O)c1ccnc2ccc(-n3ccc(C(F)(F)F)n3)cc12. The normalized spacial score (nSPS) is 16.2. The van der Waals surface area contributed by atoms with Gasteiger partial charge in [-0.3, -0.25) is 14.6 Å². The zero-order valence-electron chi connectivity index (χ0n) is 16.3. The third-order valence-electron chi connectivity index (χ3n) is 4.87. The molecule has 1 atom stereocenters. The lowest BCUT2D eigenvalue weighted by molar-refractivity contribution is -0.141. The Morgan fingerprint density at radius 2 is 2.09 bits per heavy atom. The number of halogens is 3. The van der Waals surface area contributed by atoms with Crippen LogP contribution in [0.15, 0.2) is 42.7 Å². The van der Waals surface area contributed by atoms with E-state index in [0.717, 1.165) is 10.7 Å². The van der Waals surface area contributed by atoms with Gasteiger partial charge in [0.25, 0.3) is 5.91 Å². The van der Waals surface area contributed by atoms with Crippen molar-refractivity contribution in [3.8, 4) is 11.8 Å². The predicted octanol–water partition coefficient (Wildman–Crippen LogP) is 2.59. The second-order valence-electron chi connectivity index (χ2n) is 6.89. The van der Waals surface area contributed by atoms with Gasteiger partial charge in [0.15, 0.2) is 5.69 Å². The minimum atomic E-state index is -4.57. The molecule has 1 aromatic carbocycles. The fourth-order valence-corrected chi connectivity index (χ4v) is 4.35. The topological polar surface area (TPSA) is 104 Å². The molecule has 1 saturated heterocycles. The standard InChI is InChI=1S/C20H15F3N6O2S/c21-20(22,23)17-4-6-29(27-17)12-1-2-16-15(7-12)14(3-5-25-16)19(31)26-9-18(30)28-11-32-10-13(28)8-24/h1-7,13H,9-11H2,(H,26,31). The Morgan fingerprint density at radius 1 is 1.28 bits per heavy atom. The fraction of sp³-hybridized carbons (Fsp3) is 0.250. The van der Waals surface area contributed by atoms with E-state index >= 15 is 0 Å². The summed E-state index contributed by atoms with van der Waals surface area (Å²) < 4.78 is 39.6. The maximum Gasteiger partial charge on any atom is 0.435 e. The Balaban J connectivity index is 1.57. The van der Waals surface area contributed by atoms with Gasteiger partial charge in [0.1, 0.15) is 6.04 Å². The average Bonchev–Trinajstić information content (AvgIpc) is 3.46. The van der Waals surface area contributed by atoms with Crippen molar-refractivity contribution in [2.75, 3.05) is 18.2 Å². The highest BCUT2D eigenvalue weighted by molar-refractivity contribution is 7.99. The molecule has 32 heavy (non-hydrogen) atoms. The third-order valence-corrected chi connectivity index (χ3v) is 5.88. The summed E-state index contributed by atoms with van der Waals surface area (Å²) in [5, 5.41) is 15.6. The Morgan fingerprint density at radius 3 is 2.81 bits per heavy atom. The molecule has 12 heteroatoms. The van der Waals surface area contributed by atoms with Crippen LogP contribution in [0.1, 0.15) is 16.1 Å². The van der Waals surface area contributed by atoms with Crippen LogP contribution in [0.25, 0.3) is 16.6 Å². The molecule has 1 aliphatic rings. The first-order valence-corrected chi connectivity index (χ1v) is 10.5. The Labute approximate surface area is 184 Å². The van der Waals surface area contributed by atoms with Crippen molar-refractivity contribution in [3.05, 3.63) is 54.0 Å². The molecule has 2 amide bonds. The van der Waals surface area contributed by atoms with Crippen molar-refractivity contribution in [1.29, 1.82) is 5.26 Å². The molecule has 0 bridgehead atoms. The van der Waals surface area contributed by atoms with Gasteiger partial charge in [-0.05, 0) is 30.3 Å². The number of nitrogens with one attached hydrogen (secondary N) is 1. The summed E-state index contributed by atoms with van der Waals surface area (Å²) in [6.07, 6.45) is -1.96. The number of benzene rings is 1. The highest BCUT2D eigenvalue weighted by Crippen LogP contribution is 2.28. The Hall–Kier alpha value is -3.59. The number of pyridine rings is 1. The maximum absolute atomic E-state index is 12.9. The molecule has 1 fully saturated rings. The summed E-state index contributed by atoms with van der Waals surface area (Å²) in [5.41, 5.74) is -0.0509. The van der Waals surface area contributed by atoms with Gasteiger partial charge in [-0.2, -0.15) is 23.5 Å². The van der Waals surface area contributed by atoms with Crippen LogP contribution < -0.4 is 5.32 Å². The number of nitrogens with zero attached hydrogens (tertiary/aromatic N) is 5. The van der Waals surface area contributed by atoms with E-state index in [1.807, 2.05) is 0 Å². The highest BCUT2D eigenvalue weighted by Gasteiger charge is 2.33. The van der Waals surface area contributed by atoms with Gasteiger partial charge in [-0.1, -0.05) is 0 Å². The van der Waals surface area contributed by atoms with Gasteiger partial charge in [-0.25, -0.2) is 4.68 Å². The first-order valence-electron chi connectivity index (χ1n) is 9.35. The highest BCUT2D eigenvalue weighted by atomic mass is 32.2. The first kappa shape index (κ1) is 21.6. The minimum absolute atomic E-state index is 0.209. The first-order chi connectivity index (χ1) is 15.3. The molecule has 2 aromatic heterocycles. The van der Waals surface area contributed by atoms with Gasteiger partial charge in [0.05, 0.1) is 35.3 Å². The second-order valence-corrected chi connectivity index (χ2v) is 7.89. The number of aromatic nitrogens is 3. The number of fused-ring (bicyclic) bond motifs is 1. The molecule has 0 saturated carbocycles. The zero-order chi connectivity index (χ0) is 22.9. The van der Waals surface area contributed by atoms with E-state index in [-0.39, 0.29) is 18.0 Å². The van der Waals surface area contributed by atoms with E-state index < -0.39 is 23.8 Å². The lowest BCUT2D eigenvalue weighted by atomic mass is 10.1.